The third-order valence-corrected chi connectivity index (χ3v) is 7.08. The van der Waals surface area contributed by atoms with Crippen molar-refractivity contribution in [1.29, 1.82) is 0 Å². The quantitative estimate of drug-likeness (QED) is 0.390. The van der Waals surface area contributed by atoms with Gasteiger partial charge < -0.3 is 0 Å². The fourth-order valence-corrected chi connectivity index (χ4v) is 4.85. The Labute approximate surface area is 194 Å². The van der Waals surface area contributed by atoms with E-state index in [9.17, 15) is 13.2 Å². The predicted molar refractivity (Wildman–Crippen MR) is 127 cm³/mol. The fraction of sp³-hybridized carbons (Fsp3) is 0.0455. The summed E-state index contributed by atoms with van der Waals surface area (Å²) in [4.78, 5) is 12.9. The third-order valence-electron chi connectivity index (χ3n) is 4.46. The SMILES string of the molecule is Cc1ccc(-c2nnc(NC(=O)c3cc(NS(=O)(=O)c4ccccc4)ccc3Cl)s2)cc1. The number of halogens is 1. The Kier molecular flexibility index (Phi) is 6.22. The van der Waals surface area contributed by atoms with Crippen molar-refractivity contribution in [3.63, 3.8) is 0 Å². The molecular formula is C22H17ClN4O3S2. The molecule has 0 fully saturated rings. The van der Waals surface area contributed by atoms with Crippen LogP contribution in [0.25, 0.3) is 10.6 Å². The number of rotatable bonds is 6. The largest absolute Gasteiger partial charge is 0.296 e. The Hall–Kier alpha value is -3.27. The number of aromatic nitrogens is 2. The molecule has 0 saturated heterocycles. The molecule has 0 saturated carbocycles. The lowest BCUT2D eigenvalue weighted by Gasteiger charge is -2.10. The van der Waals surface area contributed by atoms with Crippen molar-refractivity contribution >= 4 is 49.7 Å². The number of carbonyl (C=O) groups excluding carboxylic acids is 1. The van der Waals surface area contributed by atoms with Crippen molar-refractivity contribution in [3.8, 4) is 10.6 Å². The highest BCUT2D eigenvalue weighted by atomic mass is 35.5. The number of anilines is 2. The van der Waals surface area contributed by atoms with Gasteiger partial charge >= 0.3 is 0 Å². The third kappa shape index (κ3) is 4.96. The first-order chi connectivity index (χ1) is 15.3. The summed E-state index contributed by atoms with van der Waals surface area (Å²) in [6.07, 6.45) is 0. The Morgan fingerprint density at radius 2 is 1.69 bits per heavy atom. The topological polar surface area (TPSA) is 101 Å². The van der Waals surface area contributed by atoms with Crippen LogP contribution in [-0.2, 0) is 10.0 Å². The van der Waals surface area contributed by atoms with E-state index >= 15 is 0 Å². The maximum Gasteiger partial charge on any atom is 0.261 e. The zero-order chi connectivity index (χ0) is 22.7. The Morgan fingerprint density at radius 3 is 2.41 bits per heavy atom. The standard InChI is InChI=1S/C22H17ClN4O3S2/c1-14-7-9-15(10-8-14)21-25-26-22(31-21)24-20(28)18-13-16(11-12-19(18)23)27-32(29,30)17-5-3-2-4-6-17/h2-13,27H,1H3,(H,24,26,28). The summed E-state index contributed by atoms with van der Waals surface area (Å²) in [6, 6.07) is 20.1. The van der Waals surface area contributed by atoms with Gasteiger partial charge in [0.15, 0.2) is 0 Å². The van der Waals surface area contributed by atoms with Crippen LogP contribution < -0.4 is 10.0 Å². The van der Waals surface area contributed by atoms with E-state index in [1.54, 1.807) is 18.2 Å². The summed E-state index contributed by atoms with van der Waals surface area (Å²) in [5, 5.41) is 11.9. The van der Waals surface area contributed by atoms with Gasteiger partial charge in [-0.05, 0) is 37.3 Å². The molecule has 1 amide bonds. The molecule has 1 heterocycles. The molecule has 1 aromatic heterocycles. The molecule has 0 aliphatic heterocycles. The van der Waals surface area contributed by atoms with E-state index in [1.807, 2.05) is 31.2 Å². The van der Waals surface area contributed by atoms with Gasteiger partial charge in [-0.25, -0.2) is 8.42 Å². The molecule has 0 aliphatic rings. The number of benzene rings is 3. The Bertz CT molecular complexity index is 1370. The normalized spacial score (nSPS) is 11.2. The molecule has 4 rings (SSSR count). The minimum absolute atomic E-state index is 0.104. The zero-order valence-corrected chi connectivity index (χ0v) is 19.1. The first-order valence-corrected chi connectivity index (χ1v) is 12.1. The van der Waals surface area contributed by atoms with E-state index in [0.29, 0.717) is 10.1 Å². The van der Waals surface area contributed by atoms with E-state index in [4.69, 9.17) is 11.6 Å². The summed E-state index contributed by atoms with van der Waals surface area (Å²) in [7, 11) is -3.80. The van der Waals surface area contributed by atoms with Crippen LogP contribution in [0.3, 0.4) is 0 Å². The van der Waals surface area contributed by atoms with Gasteiger partial charge in [0.2, 0.25) is 5.13 Å². The first kappa shape index (κ1) is 21.9. The van der Waals surface area contributed by atoms with Crippen molar-refractivity contribution in [3.05, 3.63) is 88.9 Å². The first-order valence-electron chi connectivity index (χ1n) is 9.41. The fourth-order valence-electron chi connectivity index (χ4n) is 2.83. The smallest absolute Gasteiger partial charge is 0.261 e. The van der Waals surface area contributed by atoms with Gasteiger partial charge in [-0.1, -0.05) is 71.0 Å². The highest BCUT2D eigenvalue weighted by Gasteiger charge is 2.18. The number of amides is 1. The minimum Gasteiger partial charge on any atom is -0.296 e. The lowest BCUT2D eigenvalue weighted by atomic mass is 10.2. The lowest BCUT2D eigenvalue weighted by molar-refractivity contribution is 0.102. The number of carbonyl (C=O) groups is 1. The van der Waals surface area contributed by atoms with Gasteiger partial charge in [-0.3, -0.25) is 14.8 Å². The monoisotopic (exact) mass is 484 g/mol. The second-order valence-corrected chi connectivity index (χ2v) is 9.91. The van der Waals surface area contributed by atoms with Crippen molar-refractivity contribution in [2.45, 2.75) is 11.8 Å². The van der Waals surface area contributed by atoms with Crippen LogP contribution in [0.1, 0.15) is 15.9 Å². The molecule has 0 atom stereocenters. The second-order valence-electron chi connectivity index (χ2n) is 6.85. The van der Waals surface area contributed by atoms with Crippen molar-refractivity contribution in [2.24, 2.45) is 0 Å². The van der Waals surface area contributed by atoms with Gasteiger partial charge in [-0.2, -0.15) is 0 Å². The van der Waals surface area contributed by atoms with E-state index in [1.165, 1.54) is 41.7 Å². The average molecular weight is 485 g/mol. The van der Waals surface area contributed by atoms with Crippen LogP contribution in [-0.4, -0.2) is 24.5 Å². The number of hydrogen-bond donors (Lipinski definition) is 2. The molecule has 2 N–H and O–H groups in total. The van der Waals surface area contributed by atoms with Crippen molar-refractivity contribution < 1.29 is 13.2 Å². The lowest BCUT2D eigenvalue weighted by Crippen LogP contribution is -2.15. The number of nitrogens with one attached hydrogen (secondary N) is 2. The molecule has 162 valence electrons. The summed E-state index contributed by atoms with van der Waals surface area (Å²) in [6.45, 7) is 1.99. The van der Waals surface area contributed by atoms with E-state index in [0.717, 1.165) is 11.1 Å². The second kappa shape index (κ2) is 9.07. The van der Waals surface area contributed by atoms with E-state index < -0.39 is 15.9 Å². The highest BCUT2D eigenvalue weighted by Crippen LogP contribution is 2.28. The van der Waals surface area contributed by atoms with Crippen molar-refractivity contribution in [1.82, 2.24) is 10.2 Å². The van der Waals surface area contributed by atoms with Gasteiger partial charge in [0, 0.05) is 11.3 Å². The number of aryl methyl sites for hydroxylation is 1. The van der Waals surface area contributed by atoms with Crippen LogP contribution in [0.5, 0.6) is 0 Å². The van der Waals surface area contributed by atoms with Crippen LogP contribution >= 0.6 is 22.9 Å². The maximum absolute atomic E-state index is 12.8. The zero-order valence-electron chi connectivity index (χ0n) is 16.7. The number of nitrogens with zero attached hydrogens (tertiary/aromatic N) is 2. The van der Waals surface area contributed by atoms with Gasteiger partial charge in [0.1, 0.15) is 5.01 Å². The van der Waals surface area contributed by atoms with E-state index in [2.05, 4.69) is 20.2 Å². The molecule has 0 spiro atoms. The summed E-state index contributed by atoms with van der Waals surface area (Å²) >= 11 is 7.41. The molecular weight excluding hydrogens is 468 g/mol. The van der Waals surface area contributed by atoms with E-state index in [-0.39, 0.29) is 21.2 Å². The molecule has 0 radical (unpaired) electrons. The van der Waals surface area contributed by atoms with Crippen LogP contribution in [0.2, 0.25) is 5.02 Å². The minimum atomic E-state index is -3.80. The molecule has 3 aromatic carbocycles. The Morgan fingerprint density at radius 1 is 0.969 bits per heavy atom. The molecule has 10 heteroatoms. The summed E-state index contributed by atoms with van der Waals surface area (Å²) in [5.74, 6) is -0.526. The molecule has 32 heavy (non-hydrogen) atoms. The summed E-state index contributed by atoms with van der Waals surface area (Å²) < 4.78 is 27.6. The van der Waals surface area contributed by atoms with Gasteiger partial charge in [0.05, 0.1) is 15.5 Å². The Balaban J connectivity index is 1.53. The van der Waals surface area contributed by atoms with Crippen LogP contribution in [0.4, 0.5) is 10.8 Å². The van der Waals surface area contributed by atoms with Crippen LogP contribution in [0, 0.1) is 6.92 Å². The highest BCUT2D eigenvalue weighted by molar-refractivity contribution is 7.92. The predicted octanol–water partition coefficient (Wildman–Crippen LogP) is 5.22. The number of hydrogen-bond acceptors (Lipinski definition) is 6. The average Bonchev–Trinajstić information content (AvgIpc) is 3.24. The molecule has 0 unspecified atom stereocenters. The van der Waals surface area contributed by atoms with Gasteiger partial charge in [-0.15, -0.1) is 10.2 Å². The molecule has 0 bridgehead atoms. The molecule has 4 aromatic rings. The summed E-state index contributed by atoms with van der Waals surface area (Å²) in [5.41, 5.74) is 2.33. The molecule has 7 nitrogen and oxygen atoms in total. The van der Waals surface area contributed by atoms with Crippen LogP contribution in [0.15, 0.2) is 77.7 Å². The van der Waals surface area contributed by atoms with Crippen molar-refractivity contribution in [2.75, 3.05) is 10.0 Å². The number of sulfonamides is 1. The molecule has 0 aliphatic carbocycles. The maximum atomic E-state index is 12.8. The van der Waals surface area contributed by atoms with Gasteiger partial charge in [0.25, 0.3) is 15.9 Å².